The third-order valence-corrected chi connectivity index (χ3v) is 5.09. The van der Waals surface area contributed by atoms with Gasteiger partial charge in [-0.3, -0.25) is 9.36 Å². The summed E-state index contributed by atoms with van der Waals surface area (Å²) in [6.45, 7) is 1.04. The number of nitrogens with zero attached hydrogens (tertiary/aromatic N) is 3. The first-order valence-electron chi connectivity index (χ1n) is 8.87. The summed E-state index contributed by atoms with van der Waals surface area (Å²) in [5.41, 5.74) is 1.72. The van der Waals surface area contributed by atoms with E-state index in [1.165, 1.54) is 6.07 Å². The molecule has 28 heavy (non-hydrogen) atoms. The Labute approximate surface area is 157 Å². The quantitative estimate of drug-likeness (QED) is 0.730. The molecule has 2 aliphatic heterocycles. The molecule has 5 rings (SSSR count). The molecule has 1 amide bonds. The van der Waals surface area contributed by atoms with Crippen LogP contribution in [0.4, 0.5) is 18.9 Å². The van der Waals surface area contributed by atoms with Crippen LogP contribution in [0.15, 0.2) is 30.3 Å². The van der Waals surface area contributed by atoms with E-state index in [9.17, 15) is 18.0 Å². The van der Waals surface area contributed by atoms with Crippen molar-refractivity contribution >= 4 is 22.8 Å². The Hall–Kier alpha value is -2.94. The number of carbonyl (C=O) groups is 1. The number of rotatable bonds is 2. The van der Waals surface area contributed by atoms with Crippen LogP contribution in [-0.2, 0) is 22.1 Å². The number of benzene rings is 1. The minimum atomic E-state index is -4.55. The first-order valence-corrected chi connectivity index (χ1v) is 8.87. The summed E-state index contributed by atoms with van der Waals surface area (Å²) in [6, 6.07) is 7.60. The maximum absolute atomic E-state index is 13.2. The Balaban J connectivity index is 1.74. The molecule has 9 heteroatoms. The van der Waals surface area contributed by atoms with Crippen LogP contribution in [0, 0.1) is 0 Å². The van der Waals surface area contributed by atoms with E-state index in [0.29, 0.717) is 35.9 Å². The fraction of sp³-hybridized carbons (Fsp3) is 0.316. The van der Waals surface area contributed by atoms with E-state index >= 15 is 0 Å². The van der Waals surface area contributed by atoms with Gasteiger partial charge in [0.1, 0.15) is 17.0 Å². The Bertz CT molecular complexity index is 1100. The summed E-state index contributed by atoms with van der Waals surface area (Å²) in [5, 5.41) is 2.76. The zero-order chi connectivity index (χ0) is 19.5. The van der Waals surface area contributed by atoms with Gasteiger partial charge in [-0.25, -0.2) is 9.97 Å². The monoisotopic (exact) mass is 388 g/mol. The minimum absolute atomic E-state index is 0.0310. The Morgan fingerprint density at radius 1 is 1.18 bits per heavy atom. The third-order valence-electron chi connectivity index (χ3n) is 5.09. The zero-order valence-corrected chi connectivity index (χ0v) is 14.6. The van der Waals surface area contributed by atoms with Crippen LogP contribution in [0.5, 0.6) is 0 Å². The van der Waals surface area contributed by atoms with Crippen molar-refractivity contribution in [3.8, 4) is 5.69 Å². The molecule has 2 aliphatic rings. The lowest BCUT2D eigenvalue weighted by molar-refractivity contribution is -0.141. The number of hydrogen-bond acceptors (Lipinski definition) is 4. The lowest BCUT2D eigenvalue weighted by atomic mass is 10.1. The van der Waals surface area contributed by atoms with Crippen molar-refractivity contribution in [1.82, 2.24) is 14.5 Å². The highest BCUT2D eigenvalue weighted by Gasteiger charge is 2.34. The highest BCUT2D eigenvalue weighted by atomic mass is 19.4. The molecule has 6 nitrogen and oxygen atoms in total. The van der Waals surface area contributed by atoms with Gasteiger partial charge in [-0.15, -0.1) is 0 Å². The normalized spacial score (nSPS) is 19.2. The number of pyridine rings is 1. The standard InChI is InChI=1S/C19H15F3N4O2/c20-19(21,22)15-4-3-14-18(25-15)26(17(24-14)10-5-6-28-9-10)12-1-2-13-11(7-12)8-16(27)23-13/h1-4,7,10H,5-6,8-9H2,(H,23,27)/t10-/m0/s1. The van der Waals surface area contributed by atoms with E-state index in [2.05, 4.69) is 15.3 Å². The van der Waals surface area contributed by atoms with Crippen molar-refractivity contribution in [2.45, 2.75) is 24.9 Å². The second kappa shape index (κ2) is 6.03. The van der Waals surface area contributed by atoms with Gasteiger partial charge in [-0.2, -0.15) is 13.2 Å². The van der Waals surface area contributed by atoms with Crippen molar-refractivity contribution < 1.29 is 22.7 Å². The van der Waals surface area contributed by atoms with E-state index in [0.717, 1.165) is 18.1 Å². The highest BCUT2D eigenvalue weighted by molar-refractivity contribution is 5.99. The molecular weight excluding hydrogens is 373 g/mol. The molecule has 1 N–H and O–H groups in total. The number of anilines is 1. The zero-order valence-electron chi connectivity index (χ0n) is 14.6. The van der Waals surface area contributed by atoms with Crippen LogP contribution in [0.25, 0.3) is 16.9 Å². The van der Waals surface area contributed by atoms with Crippen molar-refractivity contribution in [2.24, 2.45) is 0 Å². The van der Waals surface area contributed by atoms with E-state index in [1.54, 1.807) is 22.8 Å². The molecule has 0 saturated carbocycles. The molecule has 0 radical (unpaired) electrons. The fourth-order valence-electron chi connectivity index (χ4n) is 3.75. The van der Waals surface area contributed by atoms with Crippen LogP contribution in [0.2, 0.25) is 0 Å². The summed E-state index contributed by atoms with van der Waals surface area (Å²) >= 11 is 0. The van der Waals surface area contributed by atoms with Gasteiger partial charge in [0.15, 0.2) is 5.65 Å². The topological polar surface area (TPSA) is 69.0 Å². The molecule has 0 spiro atoms. The molecule has 1 saturated heterocycles. The number of fused-ring (bicyclic) bond motifs is 2. The lowest BCUT2D eigenvalue weighted by Gasteiger charge is -2.14. The van der Waals surface area contributed by atoms with Gasteiger partial charge in [0.05, 0.1) is 13.0 Å². The molecule has 0 bridgehead atoms. The number of aromatic nitrogens is 3. The SMILES string of the molecule is O=C1Cc2cc(-n3c([C@H]4CCOC4)nc4ccc(C(F)(F)F)nc43)ccc2N1. The molecule has 1 fully saturated rings. The van der Waals surface area contributed by atoms with Gasteiger partial charge in [0.2, 0.25) is 5.91 Å². The van der Waals surface area contributed by atoms with Gasteiger partial charge in [0.25, 0.3) is 0 Å². The van der Waals surface area contributed by atoms with Gasteiger partial charge < -0.3 is 10.1 Å². The third kappa shape index (κ3) is 2.73. The molecule has 0 unspecified atom stereocenters. The van der Waals surface area contributed by atoms with Gasteiger partial charge in [-0.05, 0) is 42.3 Å². The fourth-order valence-corrected chi connectivity index (χ4v) is 3.75. The second-order valence-electron chi connectivity index (χ2n) is 6.97. The van der Waals surface area contributed by atoms with E-state index in [4.69, 9.17) is 4.74 Å². The summed E-state index contributed by atoms with van der Waals surface area (Å²) in [5.74, 6) is 0.484. The summed E-state index contributed by atoms with van der Waals surface area (Å²) in [4.78, 5) is 20.1. The maximum Gasteiger partial charge on any atom is 0.433 e. The number of amides is 1. The van der Waals surface area contributed by atoms with Crippen LogP contribution in [0.1, 0.15) is 29.4 Å². The van der Waals surface area contributed by atoms with Crippen LogP contribution < -0.4 is 5.32 Å². The van der Waals surface area contributed by atoms with Crippen LogP contribution in [-0.4, -0.2) is 33.7 Å². The molecule has 4 heterocycles. The van der Waals surface area contributed by atoms with E-state index in [1.807, 2.05) is 0 Å². The molecule has 3 aromatic rings. The average Bonchev–Trinajstić information content (AvgIpc) is 3.36. The van der Waals surface area contributed by atoms with Crippen LogP contribution in [0.3, 0.4) is 0 Å². The van der Waals surface area contributed by atoms with Crippen LogP contribution >= 0.6 is 0 Å². The predicted molar refractivity (Wildman–Crippen MR) is 94.4 cm³/mol. The van der Waals surface area contributed by atoms with Gasteiger partial charge >= 0.3 is 6.18 Å². The minimum Gasteiger partial charge on any atom is -0.381 e. The highest BCUT2D eigenvalue weighted by Crippen LogP contribution is 2.34. The summed E-state index contributed by atoms with van der Waals surface area (Å²) in [6.07, 6.45) is -3.58. The first kappa shape index (κ1) is 17.2. The van der Waals surface area contributed by atoms with Crippen molar-refractivity contribution in [3.63, 3.8) is 0 Å². The number of halogens is 3. The number of alkyl halides is 3. The molecule has 1 aromatic carbocycles. The van der Waals surface area contributed by atoms with Crippen molar-refractivity contribution in [2.75, 3.05) is 18.5 Å². The van der Waals surface area contributed by atoms with Gasteiger partial charge in [-0.1, -0.05) is 0 Å². The molecule has 0 aliphatic carbocycles. The lowest BCUT2D eigenvalue weighted by Crippen LogP contribution is -2.11. The first-order chi connectivity index (χ1) is 13.4. The number of imidazole rings is 1. The molecular formula is C19H15F3N4O2. The predicted octanol–water partition coefficient (Wildman–Crippen LogP) is 3.44. The maximum atomic E-state index is 13.2. The number of ether oxygens (including phenoxy) is 1. The molecule has 2 aromatic heterocycles. The number of hydrogen-bond donors (Lipinski definition) is 1. The number of nitrogens with one attached hydrogen (secondary N) is 1. The van der Waals surface area contributed by atoms with Gasteiger partial charge in [0, 0.05) is 23.9 Å². The largest absolute Gasteiger partial charge is 0.433 e. The Morgan fingerprint density at radius 2 is 2.04 bits per heavy atom. The number of carbonyl (C=O) groups excluding carboxylic acids is 1. The molecule has 144 valence electrons. The van der Waals surface area contributed by atoms with Crippen molar-refractivity contribution in [1.29, 1.82) is 0 Å². The Morgan fingerprint density at radius 3 is 2.79 bits per heavy atom. The smallest absolute Gasteiger partial charge is 0.381 e. The van der Waals surface area contributed by atoms with Crippen molar-refractivity contribution in [3.05, 3.63) is 47.4 Å². The second-order valence-corrected chi connectivity index (χ2v) is 6.97. The summed E-state index contributed by atoms with van der Waals surface area (Å²) < 4.78 is 46.8. The van der Waals surface area contributed by atoms with E-state index in [-0.39, 0.29) is 23.9 Å². The average molecular weight is 388 g/mol. The molecule has 1 atom stereocenters. The Kier molecular flexibility index (Phi) is 3.70. The summed E-state index contributed by atoms with van der Waals surface area (Å²) in [7, 11) is 0. The van der Waals surface area contributed by atoms with E-state index < -0.39 is 11.9 Å².